The molecule has 0 aliphatic rings. The van der Waals surface area contributed by atoms with E-state index in [0.717, 1.165) is 11.4 Å². The Morgan fingerprint density at radius 1 is 1.75 bits per heavy atom. The van der Waals surface area contributed by atoms with Crippen molar-refractivity contribution in [2.45, 2.75) is 13.3 Å². The fraction of sp³-hybridized carbons (Fsp3) is 0.500. The van der Waals surface area contributed by atoms with Gasteiger partial charge in [0.15, 0.2) is 0 Å². The van der Waals surface area contributed by atoms with Gasteiger partial charge in [0, 0.05) is 7.05 Å². The number of hydrogen-bond acceptors (Lipinski definition) is 1. The summed E-state index contributed by atoms with van der Waals surface area (Å²) in [6.45, 7) is 2.08. The van der Waals surface area contributed by atoms with E-state index >= 15 is 0 Å². The smallest absolute Gasteiger partial charge is 0.0982 e. The van der Waals surface area contributed by atoms with Crippen LogP contribution in [-0.2, 0) is 0 Å². The Hall–Kier alpha value is -0.370. The summed E-state index contributed by atoms with van der Waals surface area (Å²) in [4.78, 5) is 0.798. The van der Waals surface area contributed by atoms with E-state index in [1.165, 1.54) is 0 Å². The third kappa shape index (κ3) is 3.81. The Morgan fingerprint density at radius 3 is 2.75 bits per heavy atom. The van der Waals surface area contributed by atoms with Crippen LogP contribution in [0.25, 0.3) is 0 Å². The van der Waals surface area contributed by atoms with E-state index in [0.29, 0.717) is 0 Å². The van der Waals surface area contributed by atoms with Crippen LogP contribution < -0.4 is 5.32 Å². The molecule has 0 bridgehead atoms. The monoisotopic (exact) mass is 129 g/mol. The highest BCUT2D eigenvalue weighted by molar-refractivity contribution is 7.80. The molecule has 0 fully saturated rings. The van der Waals surface area contributed by atoms with Crippen LogP contribution in [0.3, 0.4) is 0 Å². The maximum Gasteiger partial charge on any atom is 0.0982 e. The average molecular weight is 129 g/mol. The van der Waals surface area contributed by atoms with Crippen molar-refractivity contribution in [3.63, 3.8) is 0 Å². The summed E-state index contributed by atoms with van der Waals surface area (Å²) in [5.74, 6) is 0. The fourth-order valence-corrected chi connectivity index (χ4v) is 0.404. The number of hydrogen-bond donors (Lipinski definition) is 1. The zero-order chi connectivity index (χ0) is 6.41. The number of thiocarbonyl (C=S) groups is 1. The molecule has 0 unspecified atom stereocenters. The molecule has 0 spiro atoms. The number of nitrogens with one attached hydrogen (secondary N) is 1. The summed E-state index contributed by atoms with van der Waals surface area (Å²) in [5.41, 5.74) is 0. The standard InChI is InChI=1S/C6H11NS/c1-3-4-5-6(8)7-2/h4-5H,3H2,1-2H3,(H,7,8)/b5-4-. The zero-order valence-corrected chi connectivity index (χ0v) is 6.09. The fourth-order valence-electron chi connectivity index (χ4n) is 0.308. The van der Waals surface area contributed by atoms with Crippen molar-refractivity contribution in [3.05, 3.63) is 12.2 Å². The summed E-state index contributed by atoms with van der Waals surface area (Å²) in [6.07, 6.45) is 4.97. The topological polar surface area (TPSA) is 12.0 Å². The lowest BCUT2D eigenvalue weighted by molar-refractivity contribution is 1.19. The highest BCUT2D eigenvalue weighted by Crippen LogP contribution is 1.79. The first kappa shape index (κ1) is 7.63. The molecule has 0 rings (SSSR count). The Morgan fingerprint density at radius 2 is 2.38 bits per heavy atom. The molecule has 46 valence electrons. The quantitative estimate of drug-likeness (QED) is 0.448. The molecule has 0 amide bonds. The molecule has 1 N–H and O–H groups in total. The minimum Gasteiger partial charge on any atom is -0.379 e. The van der Waals surface area contributed by atoms with Crippen molar-refractivity contribution in [1.29, 1.82) is 0 Å². The van der Waals surface area contributed by atoms with Crippen LogP contribution in [0, 0.1) is 0 Å². The van der Waals surface area contributed by atoms with Crippen LogP contribution >= 0.6 is 12.2 Å². The van der Waals surface area contributed by atoms with Gasteiger partial charge in [0.25, 0.3) is 0 Å². The van der Waals surface area contributed by atoms with Crippen LogP contribution in [0.4, 0.5) is 0 Å². The van der Waals surface area contributed by atoms with Gasteiger partial charge in [0.2, 0.25) is 0 Å². The molecule has 0 aromatic heterocycles. The van der Waals surface area contributed by atoms with Crippen molar-refractivity contribution in [2.24, 2.45) is 0 Å². The molecule has 0 radical (unpaired) electrons. The van der Waals surface area contributed by atoms with Gasteiger partial charge >= 0.3 is 0 Å². The first-order chi connectivity index (χ1) is 3.81. The lowest BCUT2D eigenvalue weighted by atomic mass is 10.4. The van der Waals surface area contributed by atoms with Gasteiger partial charge in [0.05, 0.1) is 4.99 Å². The highest BCUT2D eigenvalue weighted by atomic mass is 32.1. The summed E-state index contributed by atoms with van der Waals surface area (Å²) >= 11 is 4.82. The van der Waals surface area contributed by atoms with Crippen LogP contribution in [0.5, 0.6) is 0 Å². The summed E-state index contributed by atoms with van der Waals surface area (Å²) in [7, 11) is 1.82. The highest BCUT2D eigenvalue weighted by Gasteiger charge is 1.77. The van der Waals surface area contributed by atoms with Gasteiger partial charge in [-0.15, -0.1) is 0 Å². The predicted molar refractivity (Wildman–Crippen MR) is 41.1 cm³/mol. The molecule has 0 aliphatic carbocycles. The molecular weight excluding hydrogens is 118 g/mol. The van der Waals surface area contributed by atoms with Gasteiger partial charge in [0.1, 0.15) is 0 Å². The maximum absolute atomic E-state index is 4.82. The van der Waals surface area contributed by atoms with Crippen molar-refractivity contribution >= 4 is 17.2 Å². The van der Waals surface area contributed by atoms with E-state index < -0.39 is 0 Å². The van der Waals surface area contributed by atoms with Crippen molar-refractivity contribution in [1.82, 2.24) is 5.32 Å². The first-order valence-corrected chi connectivity index (χ1v) is 3.10. The number of allylic oxidation sites excluding steroid dienone is 1. The van der Waals surface area contributed by atoms with Gasteiger partial charge in [-0.3, -0.25) is 0 Å². The van der Waals surface area contributed by atoms with E-state index in [4.69, 9.17) is 12.2 Å². The molecule has 0 aromatic rings. The summed E-state index contributed by atoms with van der Waals surface area (Å²) in [6, 6.07) is 0. The van der Waals surface area contributed by atoms with Crippen molar-refractivity contribution < 1.29 is 0 Å². The Balaban J connectivity index is 3.37. The molecule has 0 saturated carbocycles. The normalized spacial score (nSPS) is 9.75. The zero-order valence-electron chi connectivity index (χ0n) is 5.27. The summed E-state index contributed by atoms with van der Waals surface area (Å²) < 4.78 is 0. The van der Waals surface area contributed by atoms with E-state index in [1.54, 1.807) is 0 Å². The Bertz CT molecular complexity index is 96.7. The number of rotatable bonds is 2. The Kier molecular flexibility index (Phi) is 4.56. The lowest BCUT2D eigenvalue weighted by Gasteiger charge is -1.90. The van der Waals surface area contributed by atoms with Crippen LogP contribution in [0.15, 0.2) is 12.2 Å². The van der Waals surface area contributed by atoms with Crippen LogP contribution in [0.1, 0.15) is 13.3 Å². The molecule has 8 heavy (non-hydrogen) atoms. The van der Waals surface area contributed by atoms with Gasteiger partial charge in [-0.2, -0.15) is 0 Å². The van der Waals surface area contributed by atoms with E-state index in [2.05, 4.69) is 12.2 Å². The second-order valence-corrected chi connectivity index (χ2v) is 1.86. The largest absolute Gasteiger partial charge is 0.379 e. The van der Waals surface area contributed by atoms with E-state index in [-0.39, 0.29) is 0 Å². The SMILES string of the molecule is CC/C=C\C(=S)NC. The van der Waals surface area contributed by atoms with Crippen molar-refractivity contribution in [2.75, 3.05) is 7.05 Å². The molecule has 2 heteroatoms. The molecule has 0 heterocycles. The Labute approximate surface area is 55.8 Å². The third-order valence-electron chi connectivity index (χ3n) is 0.751. The second-order valence-electron chi connectivity index (χ2n) is 1.42. The van der Waals surface area contributed by atoms with Gasteiger partial charge in [-0.25, -0.2) is 0 Å². The predicted octanol–water partition coefficient (Wildman–Crippen LogP) is 1.50. The molecular formula is C6H11NS. The maximum atomic E-state index is 4.82. The average Bonchev–Trinajstić information content (AvgIpc) is 1.83. The van der Waals surface area contributed by atoms with Crippen LogP contribution in [-0.4, -0.2) is 12.0 Å². The third-order valence-corrected chi connectivity index (χ3v) is 1.09. The van der Waals surface area contributed by atoms with Gasteiger partial charge in [-0.1, -0.05) is 25.2 Å². The lowest BCUT2D eigenvalue weighted by Crippen LogP contribution is -2.11. The van der Waals surface area contributed by atoms with E-state index in [9.17, 15) is 0 Å². The first-order valence-electron chi connectivity index (χ1n) is 2.69. The summed E-state index contributed by atoms with van der Waals surface area (Å²) in [5, 5.41) is 2.84. The number of likely N-dealkylation sites (N-methyl/N-ethyl adjacent to an activating group) is 1. The van der Waals surface area contributed by atoms with E-state index in [1.807, 2.05) is 19.2 Å². The van der Waals surface area contributed by atoms with Crippen molar-refractivity contribution in [3.8, 4) is 0 Å². The molecule has 0 aromatic carbocycles. The second kappa shape index (κ2) is 4.78. The van der Waals surface area contributed by atoms with Gasteiger partial charge in [-0.05, 0) is 12.5 Å². The molecule has 1 nitrogen and oxygen atoms in total. The van der Waals surface area contributed by atoms with Crippen LogP contribution in [0.2, 0.25) is 0 Å². The molecule has 0 atom stereocenters. The van der Waals surface area contributed by atoms with Gasteiger partial charge < -0.3 is 5.32 Å². The molecule has 0 saturated heterocycles. The minimum absolute atomic E-state index is 0.798. The minimum atomic E-state index is 0.798. The molecule has 0 aliphatic heterocycles.